The van der Waals surface area contributed by atoms with Gasteiger partial charge in [0.2, 0.25) is 0 Å². The molecule has 0 rings (SSSR count). The van der Waals surface area contributed by atoms with E-state index in [2.05, 4.69) is 0 Å². The topological polar surface area (TPSA) is 52.6 Å². The summed E-state index contributed by atoms with van der Waals surface area (Å²) in [6, 6.07) is 0. The summed E-state index contributed by atoms with van der Waals surface area (Å²) in [6.07, 6.45) is 0. The van der Waals surface area contributed by atoms with Crippen molar-refractivity contribution in [3.63, 3.8) is 0 Å². The summed E-state index contributed by atoms with van der Waals surface area (Å²) in [7, 11) is 0. The second kappa shape index (κ2) is 6.30. The zero-order valence-electron chi connectivity index (χ0n) is 12.8. The van der Waals surface area contributed by atoms with E-state index < -0.39 is 30.8 Å². The molecule has 0 N–H and O–H groups in total. The first-order chi connectivity index (χ1) is 7.83. The summed E-state index contributed by atoms with van der Waals surface area (Å²) in [5.41, 5.74) is -0.851. The van der Waals surface area contributed by atoms with E-state index in [1.165, 1.54) is 13.8 Å². The van der Waals surface area contributed by atoms with Crippen molar-refractivity contribution in [3.05, 3.63) is 0 Å². The van der Waals surface area contributed by atoms with Crippen molar-refractivity contribution in [1.29, 1.82) is 0 Å². The fourth-order valence-electron chi connectivity index (χ4n) is 1.53. The second-order valence-electron chi connectivity index (χ2n) is 6.53. The van der Waals surface area contributed by atoms with E-state index in [0.717, 1.165) is 0 Å². The van der Waals surface area contributed by atoms with E-state index in [9.17, 15) is 9.59 Å². The molecule has 0 aromatic carbocycles. The Morgan fingerprint density at radius 2 is 1.11 bits per heavy atom. The van der Waals surface area contributed by atoms with Gasteiger partial charge in [0, 0.05) is 11.2 Å². The van der Waals surface area contributed by atoms with Gasteiger partial charge in [-0.25, -0.2) is 0 Å². The molecule has 0 atom stereocenters. The SMILES string of the molecule is CC(=O)[CH](C(C)=O)[Al]([O]C(C)(C)C)[O]C(C)(C)C. The molecule has 0 amide bonds. The van der Waals surface area contributed by atoms with Crippen LogP contribution in [0.1, 0.15) is 55.4 Å². The van der Waals surface area contributed by atoms with Gasteiger partial charge < -0.3 is 17.2 Å². The summed E-state index contributed by atoms with van der Waals surface area (Å²) >= 11 is -2.41. The normalized spacial score (nSPS) is 12.7. The van der Waals surface area contributed by atoms with Crippen LogP contribution in [0.25, 0.3) is 0 Å². The average molecular weight is 272 g/mol. The molecular formula is C13H25AlO4. The van der Waals surface area contributed by atoms with Crippen molar-refractivity contribution in [2.45, 2.75) is 71.4 Å². The Morgan fingerprint density at radius 3 is 1.28 bits per heavy atom. The molecule has 4 nitrogen and oxygen atoms in total. The monoisotopic (exact) mass is 272 g/mol. The van der Waals surface area contributed by atoms with Crippen LogP contribution in [0.15, 0.2) is 0 Å². The lowest BCUT2D eigenvalue weighted by atomic mass is 10.2. The number of hydrogen-bond donors (Lipinski definition) is 0. The number of hydrogen-bond acceptors (Lipinski definition) is 4. The molecule has 0 spiro atoms. The molecule has 0 aromatic rings. The lowest BCUT2D eigenvalue weighted by molar-refractivity contribution is -0.126. The highest BCUT2D eigenvalue weighted by molar-refractivity contribution is 6.58. The third kappa shape index (κ3) is 7.28. The van der Waals surface area contributed by atoms with E-state index >= 15 is 0 Å². The first-order valence-corrected chi connectivity index (χ1v) is 7.81. The summed E-state index contributed by atoms with van der Waals surface area (Å²) in [5, 5.41) is 0. The maximum atomic E-state index is 11.7. The predicted molar refractivity (Wildman–Crippen MR) is 72.5 cm³/mol. The van der Waals surface area contributed by atoms with Crippen molar-refractivity contribution >= 4 is 26.4 Å². The average Bonchev–Trinajstić information content (AvgIpc) is 1.93. The number of carbonyl (C=O) groups excluding carboxylic acids is 2. The molecule has 5 heteroatoms. The zero-order valence-corrected chi connectivity index (χ0v) is 13.9. The van der Waals surface area contributed by atoms with Crippen molar-refractivity contribution < 1.29 is 17.2 Å². The van der Waals surface area contributed by atoms with Crippen LogP contribution in [0.5, 0.6) is 0 Å². The summed E-state index contributed by atoms with van der Waals surface area (Å²) in [6.45, 7) is 14.2. The van der Waals surface area contributed by atoms with Crippen molar-refractivity contribution in [1.82, 2.24) is 0 Å². The highest BCUT2D eigenvalue weighted by Crippen LogP contribution is 2.24. The van der Waals surface area contributed by atoms with Gasteiger partial charge in [0.1, 0.15) is 11.6 Å². The summed E-state index contributed by atoms with van der Waals surface area (Å²) in [5.74, 6) is -0.347. The molecule has 0 saturated heterocycles. The number of Topliss-reactive ketones (excluding diaryl/α,β-unsaturated/α-hetero) is 2. The molecule has 104 valence electrons. The third-order valence-electron chi connectivity index (χ3n) is 2.09. The zero-order chi connectivity index (χ0) is 14.7. The molecule has 0 unspecified atom stereocenters. The molecule has 18 heavy (non-hydrogen) atoms. The van der Waals surface area contributed by atoms with Crippen LogP contribution in [-0.4, -0.2) is 37.6 Å². The molecule has 0 aromatic heterocycles. The van der Waals surface area contributed by atoms with Crippen LogP contribution in [0.3, 0.4) is 0 Å². The van der Waals surface area contributed by atoms with Gasteiger partial charge in [-0.1, -0.05) is 0 Å². The van der Waals surface area contributed by atoms with Crippen LogP contribution in [0.4, 0.5) is 0 Å². The van der Waals surface area contributed by atoms with Crippen molar-refractivity contribution in [2.75, 3.05) is 0 Å². The van der Waals surface area contributed by atoms with Gasteiger partial charge in [-0.3, -0.25) is 0 Å². The second-order valence-corrected chi connectivity index (χ2v) is 8.40. The standard InChI is InChI=1S/C5H7O2.2C4H9O.Al/c1-4(6)3-5(2)7;2*1-4(2,3)5;/h3H,1-2H3;2*1-3H3;/q;2*-1;+2. The van der Waals surface area contributed by atoms with Gasteiger partial charge >= 0.3 is 14.8 Å². The van der Waals surface area contributed by atoms with Gasteiger partial charge in [0.25, 0.3) is 0 Å². The Morgan fingerprint density at radius 1 is 0.833 bits per heavy atom. The van der Waals surface area contributed by atoms with E-state index in [-0.39, 0.29) is 11.6 Å². The Kier molecular flexibility index (Phi) is 6.22. The van der Waals surface area contributed by atoms with E-state index in [4.69, 9.17) is 7.58 Å². The van der Waals surface area contributed by atoms with E-state index in [1.54, 1.807) is 0 Å². The quantitative estimate of drug-likeness (QED) is 0.570. The molecule has 0 fully saturated rings. The fourth-order valence-corrected chi connectivity index (χ4v) is 4.01. The smallest absolute Gasteiger partial charge is 0.473 e. The summed E-state index contributed by atoms with van der Waals surface area (Å²) < 4.78 is 11.0. The molecular weight excluding hydrogens is 247 g/mol. The third-order valence-corrected chi connectivity index (χ3v) is 5.45. The fraction of sp³-hybridized carbons (Fsp3) is 0.846. The van der Waals surface area contributed by atoms with E-state index in [1.807, 2.05) is 41.5 Å². The maximum absolute atomic E-state index is 11.7. The minimum Gasteiger partial charge on any atom is -0.473 e. The van der Waals surface area contributed by atoms with Gasteiger partial charge in [-0.15, -0.1) is 0 Å². The lowest BCUT2D eigenvalue weighted by Gasteiger charge is -2.32. The molecule has 0 aliphatic rings. The lowest BCUT2D eigenvalue weighted by Crippen LogP contribution is -2.45. The van der Waals surface area contributed by atoms with Crippen LogP contribution in [0, 0.1) is 0 Å². The van der Waals surface area contributed by atoms with Crippen molar-refractivity contribution in [3.8, 4) is 0 Å². The first-order valence-electron chi connectivity index (χ1n) is 6.20. The van der Waals surface area contributed by atoms with Gasteiger partial charge in [0.05, 0.1) is 4.78 Å². The van der Waals surface area contributed by atoms with Crippen LogP contribution in [-0.2, 0) is 17.2 Å². The first kappa shape index (κ1) is 17.8. The Bertz CT molecular complexity index is 282. The number of carbonyl (C=O) groups is 2. The molecule has 0 aliphatic carbocycles. The highest BCUT2D eigenvalue weighted by Gasteiger charge is 2.47. The largest absolute Gasteiger partial charge is 0.694 e. The number of ketones is 2. The van der Waals surface area contributed by atoms with Gasteiger partial charge in [-0.2, -0.15) is 0 Å². The Balaban J connectivity index is 5.17. The predicted octanol–water partition coefficient (Wildman–Crippen LogP) is 2.65. The minimum absolute atomic E-state index is 0.173. The number of rotatable bonds is 5. The maximum Gasteiger partial charge on any atom is 0.694 e. The van der Waals surface area contributed by atoms with Gasteiger partial charge in [-0.05, 0) is 55.4 Å². The van der Waals surface area contributed by atoms with E-state index in [0.29, 0.717) is 0 Å². The van der Waals surface area contributed by atoms with Crippen LogP contribution in [0.2, 0.25) is 4.78 Å². The Labute approximate surface area is 115 Å². The molecule has 0 bridgehead atoms. The summed E-state index contributed by atoms with van der Waals surface area (Å²) in [4.78, 5) is 23.3. The highest BCUT2D eigenvalue weighted by atomic mass is 27.2. The molecule has 0 aliphatic heterocycles. The molecule has 0 radical (unpaired) electrons. The molecule has 0 heterocycles. The van der Waals surface area contributed by atoms with Crippen LogP contribution >= 0.6 is 0 Å². The van der Waals surface area contributed by atoms with Crippen molar-refractivity contribution in [2.24, 2.45) is 0 Å². The molecule has 0 saturated carbocycles. The van der Waals surface area contributed by atoms with Gasteiger partial charge in [0.15, 0.2) is 0 Å². The Hall–Kier alpha value is -0.208. The van der Waals surface area contributed by atoms with Crippen LogP contribution < -0.4 is 0 Å². The minimum atomic E-state index is -2.41.